The predicted molar refractivity (Wildman–Crippen MR) is 102 cm³/mol. The predicted octanol–water partition coefficient (Wildman–Crippen LogP) is 4.55. The lowest BCUT2D eigenvalue weighted by Gasteiger charge is -2.10. The van der Waals surface area contributed by atoms with Crippen molar-refractivity contribution in [2.75, 3.05) is 0 Å². The van der Waals surface area contributed by atoms with Gasteiger partial charge in [0.05, 0.1) is 11.3 Å². The molecule has 0 bridgehead atoms. The Kier molecular flexibility index (Phi) is 8.90. The van der Waals surface area contributed by atoms with Crippen molar-refractivity contribution in [1.29, 1.82) is 0 Å². The molecule has 26 heavy (non-hydrogen) atoms. The number of carbonyl (C=O) groups excluding carboxylic acids is 2. The van der Waals surface area contributed by atoms with Gasteiger partial charge >= 0.3 is 5.97 Å². The lowest BCUT2D eigenvalue weighted by Crippen LogP contribution is -2.10. The van der Waals surface area contributed by atoms with E-state index in [4.69, 9.17) is 0 Å². The molecule has 0 aliphatic carbocycles. The van der Waals surface area contributed by atoms with Gasteiger partial charge in [-0.2, -0.15) is 0 Å². The Labute approximate surface area is 155 Å². The number of carboxylic acid groups (broad SMARTS) is 1. The Morgan fingerprint density at radius 3 is 2.38 bits per heavy atom. The fourth-order valence-electron chi connectivity index (χ4n) is 2.88. The molecule has 0 fully saturated rings. The number of Topliss-reactive ketones (excluding diaryl/α,β-unsaturated/α-hetero) is 2. The Balaban J connectivity index is 3.24. The first-order valence-corrected chi connectivity index (χ1v) is 9.27. The van der Waals surface area contributed by atoms with Gasteiger partial charge in [-0.1, -0.05) is 33.1 Å². The molecule has 0 atom stereocenters. The summed E-state index contributed by atoms with van der Waals surface area (Å²) in [5.74, 6) is -1.28. The first kappa shape index (κ1) is 21.7. The minimum atomic E-state index is -1.08. The molecule has 0 radical (unpaired) electrons. The summed E-state index contributed by atoms with van der Waals surface area (Å²) < 4.78 is 0. The largest absolute Gasteiger partial charge is 0.478 e. The van der Waals surface area contributed by atoms with Crippen molar-refractivity contribution in [3.63, 3.8) is 0 Å². The van der Waals surface area contributed by atoms with Crippen molar-refractivity contribution in [1.82, 2.24) is 4.98 Å². The van der Waals surface area contributed by atoms with E-state index >= 15 is 0 Å². The highest BCUT2D eigenvalue weighted by molar-refractivity contribution is 6.04. The number of ketones is 2. The zero-order chi connectivity index (χ0) is 19.7. The zero-order valence-electron chi connectivity index (χ0n) is 16.2. The average Bonchev–Trinajstić information content (AvgIpc) is 2.53. The number of carbonyl (C=O) groups is 3. The van der Waals surface area contributed by atoms with Gasteiger partial charge in [-0.15, -0.1) is 0 Å². The maximum Gasteiger partial charge on any atom is 0.338 e. The summed E-state index contributed by atoms with van der Waals surface area (Å²) in [4.78, 5) is 40.1. The Morgan fingerprint density at radius 2 is 1.85 bits per heavy atom. The third kappa shape index (κ3) is 6.54. The molecule has 0 saturated carbocycles. The number of aromatic carboxylic acids is 1. The van der Waals surface area contributed by atoms with Crippen LogP contribution in [0.15, 0.2) is 11.6 Å². The minimum Gasteiger partial charge on any atom is -0.478 e. The van der Waals surface area contributed by atoms with Crippen molar-refractivity contribution < 1.29 is 19.5 Å². The van der Waals surface area contributed by atoms with Crippen LogP contribution in [0.25, 0.3) is 6.08 Å². The summed E-state index contributed by atoms with van der Waals surface area (Å²) in [7, 11) is 0. The van der Waals surface area contributed by atoms with Crippen molar-refractivity contribution >= 4 is 23.6 Å². The van der Waals surface area contributed by atoms with E-state index in [0.29, 0.717) is 23.3 Å². The molecule has 1 aromatic rings. The van der Waals surface area contributed by atoms with Crippen molar-refractivity contribution in [2.45, 2.75) is 72.6 Å². The number of aromatic nitrogens is 1. The highest BCUT2D eigenvalue weighted by atomic mass is 16.4. The zero-order valence-corrected chi connectivity index (χ0v) is 16.2. The number of rotatable bonds is 11. The number of pyridine rings is 1. The second-order valence-electron chi connectivity index (χ2n) is 6.62. The quantitative estimate of drug-likeness (QED) is 0.463. The summed E-state index contributed by atoms with van der Waals surface area (Å²) in [6.45, 7) is 7.15. The number of nitrogens with zero attached hydrogens (tertiary/aromatic N) is 1. The molecule has 1 aromatic heterocycles. The molecule has 0 amide bonds. The van der Waals surface area contributed by atoms with Gasteiger partial charge in [-0.25, -0.2) is 4.79 Å². The lowest BCUT2D eigenvalue weighted by molar-refractivity contribution is -0.120. The van der Waals surface area contributed by atoms with Crippen LogP contribution in [0.5, 0.6) is 0 Å². The van der Waals surface area contributed by atoms with Crippen LogP contribution < -0.4 is 0 Å². The standard InChI is InChI=1S/C21H29NO4/c1-5-7-8-10-19(24)13-16(15(4)23)11-17-12-18(9-6-2)22-14(3)20(17)21(25)26/h11-12H,5-10,13H2,1-4H3,(H,25,26). The van der Waals surface area contributed by atoms with Gasteiger partial charge in [0.25, 0.3) is 0 Å². The molecular formula is C21H29NO4. The summed E-state index contributed by atoms with van der Waals surface area (Å²) in [5, 5.41) is 9.52. The van der Waals surface area contributed by atoms with Gasteiger partial charge in [-0.05, 0) is 44.4 Å². The van der Waals surface area contributed by atoms with Gasteiger partial charge in [-0.3, -0.25) is 14.6 Å². The van der Waals surface area contributed by atoms with E-state index in [1.807, 2.05) is 6.92 Å². The SMILES string of the molecule is CCCCCC(=O)CC(=Cc1cc(CCC)nc(C)c1C(=O)O)C(C)=O. The second kappa shape index (κ2) is 10.6. The van der Waals surface area contributed by atoms with Crippen LogP contribution in [0.3, 0.4) is 0 Å². The van der Waals surface area contributed by atoms with E-state index in [1.54, 1.807) is 19.1 Å². The molecule has 0 saturated heterocycles. The molecule has 0 aromatic carbocycles. The van der Waals surface area contributed by atoms with E-state index in [2.05, 4.69) is 11.9 Å². The van der Waals surface area contributed by atoms with Gasteiger partial charge in [0.1, 0.15) is 5.78 Å². The maximum atomic E-state index is 12.2. The van der Waals surface area contributed by atoms with Gasteiger partial charge in [0, 0.05) is 24.1 Å². The number of unbranched alkanes of at least 4 members (excludes halogenated alkanes) is 2. The van der Waals surface area contributed by atoms with Crippen LogP contribution >= 0.6 is 0 Å². The summed E-state index contributed by atoms with van der Waals surface area (Å²) in [6, 6.07) is 1.71. The smallest absolute Gasteiger partial charge is 0.338 e. The third-order valence-corrected chi connectivity index (χ3v) is 4.23. The van der Waals surface area contributed by atoms with Crippen molar-refractivity contribution in [3.05, 3.63) is 34.2 Å². The highest BCUT2D eigenvalue weighted by Crippen LogP contribution is 2.21. The Morgan fingerprint density at radius 1 is 1.15 bits per heavy atom. The second-order valence-corrected chi connectivity index (χ2v) is 6.62. The molecular weight excluding hydrogens is 330 g/mol. The first-order chi connectivity index (χ1) is 12.3. The van der Waals surface area contributed by atoms with E-state index in [9.17, 15) is 19.5 Å². The monoisotopic (exact) mass is 359 g/mol. The van der Waals surface area contributed by atoms with Crippen LogP contribution in [-0.2, 0) is 16.0 Å². The number of aryl methyl sites for hydroxylation is 2. The normalized spacial score (nSPS) is 11.5. The Hall–Kier alpha value is -2.30. The van der Waals surface area contributed by atoms with Crippen LogP contribution in [0.4, 0.5) is 0 Å². The summed E-state index contributed by atoms with van der Waals surface area (Å²) in [6.07, 6.45) is 6.49. The fraction of sp³-hybridized carbons (Fsp3) is 0.524. The molecule has 0 unspecified atom stereocenters. The van der Waals surface area contributed by atoms with E-state index in [-0.39, 0.29) is 23.6 Å². The van der Waals surface area contributed by atoms with Gasteiger partial charge in [0.15, 0.2) is 5.78 Å². The highest BCUT2D eigenvalue weighted by Gasteiger charge is 2.17. The molecule has 0 aliphatic rings. The van der Waals surface area contributed by atoms with Gasteiger partial charge in [0.2, 0.25) is 0 Å². The average molecular weight is 359 g/mol. The van der Waals surface area contributed by atoms with E-state index in [0.717, 1.165) is 37.8 Å². The molecule has 1 rings (SSSR count). The molecule has 5 nitrogen and oxygen atoms in total. The van der Waals surface area contributed by atoms with Crippen LogP contribution in [0, 0.1) is 6.92 Å². The Bertz CT molecular complexity index is 704. The van der Waals surface area contributed by atoms with Gasteiger partial charge < -0.3 is 5.11 Å². The van der Waals surface area contributed by atoms with E-state index in [1.165, 1.54) is 6.92 Å². The third-order valence-electron chi connectivity index (χ3n) is 4.23. The topological polar surface area (TPSA) is 84.3 Å². The molecule has 0 aliphatic heterocycles. The number of hydrogen-bond donors (Lipinski definition) is 1. The van der Waals surface area contributed by atoms with Crippen molar-refractivity contribution in [2.24, 2.45) is 0 Å². The first-order valence-electron chi connectivity index (χ1n) is 9.27. The van der Waals surface area contributed by atoms with E-state index < -0.39 is 5.97 Å². The molecule has 0 spiro atoms. The lowest BCUT2D eigenvalue weighted by atomic mass is 9.96. The maximum absolute atomic E-state index is 12.2. The minimum absolute atomic E-state index is 0.0105. The number of hydrogen-bond acceptors (Lipinski definition) is 4. The number of allylic oxidation sites excluding steroid dienone is 1. The summed E-state index contributed by atoms with van der Waals surface area (Å²) in [5.41, 5.74) is 2.09. The van der Waals surface area contributed by atoms with Crippen LogP contribution in [0.2, 0.25) is 0 Å². The number of carboxylic acids is 1. The summed E-state index contributed by atoms with van der Waals surface area (Å²) >= 11 is 0. The molecule has 142 valence electrons. The fourth-order valence-corrected chi connectivity index (χ4v) is 2.88. The molecule has 1 heterocycles. The molecule has 5 heteroatoms. The van der Waals surface area contributed by atoms with Crippen LogP contribution in [0.1, 0.15) is 86.6 Å². The van der Waals surface area contributed by atoms with Crippen molar-refractivity contribution in [3.8, 4) is 0 Å². The molecule has 1 N–H and O–H groups in total. The van der Waals surface area contributed by atoms with Crippen LogP contribution in [-0.4, -0.2) is 27.6 Å².